The van der Waals surface area contributed by atoms with Crippen LogP contribution in [0.25, 0.3) is 5.69 Å². The Labute approximate surface area is 101 Å². The molecule has 0 bridgehead atoms. The summed E-state index contributed by atoms with van der Waals surface area (Å²) in [6, 6.07) is 6.02. The molecule has 4 heteroatoms. The molecule has 17 heavy (non-hydrogen) atoms. The van der Waals surface area contributed by atoms with Crippen LogP contribution in [0.5, 0.6) is 0 Å². The van der Waals surface area contributed by atoms with E-state index in [1.54, 1.807) is 11.6 Å². The topological polar surface area (TPSA) is 39.8 Å². The minimum atomic E-state index is -0.0925. The molecule has 0 N–H and O–H groups in total. The normalized spacial score (nSPS) is 10.8. The lowest BCUT2D eigenvalue weighted by Gasteiger charge is -2.06. The van der Waals surface area contributed by atoms with E-state index in [2.05, 4.69) is 12.0 Å². The lowest BCUT2D eigenvalue weighted by atomic mass is 10.1. The highest BCUT2D eigenvalue weighted by Gasteiger charge is 2.11. The second-order valence-corrected chi connectivity index (χ2v) is 4.28. The minimum Gasteiger partial charge on any atom is -0.247 e. The summed E-state index contributed by atoms with van der Waals surface area (Å²) in [6.45, 7) is 6.11. The molecule has 0 spiro atoms. The number of hydrogen-bond acceptors (Lipinski definition) is 2. The predicted octanol–water partition coefficient (Wildman–Crippen LogP) is 1.75. The molecule has 1 heterocycles. The summed E-state index contributed by atoms with van der Waals surface area (Å²) >= 11 is 0. The molecule has 0 radical (unpaired) electrons. The molecule has 0 saturated heterocycles. The maximum atomic E-state index is 12.0. The fraction of sp³-hybridized carbons (Fsp3) is 0.385. The monoisotopic (exact) mass is 231 g/mol. The van der Waals surface area contributed by atoms with E-state index >= 15 is 0 Å². The van der Waals surface area contributed by atoms with Gasteiger partial charge >= 0.3 is 5.69 Å². The van der Waals surface area contributed by atoms with Crippen LogP contribution in [0.15, 0.2) is 23.0 Å². The zero-order valence-electron chi connectivity index (χ0n) is 10.7. The van der Waals surface area contributed by atoms with Gasteiger partial charge in [0, 0.05) is 13.5 Å². The average molecular weight is 231 g/mol. The molecule has 0 saturated carbocycles. The second kappa shape index (κ2) is 4.20. The molecule has 0 amide bonds. The third-order valence-corrected chi connectivity index (χ3v) is 3.06. The first kappa shape index (κ1) is 11.6. The van der Waals surface area contributed by atoms with Crippen LogP contribution in [0, 0.1) is 13.8 Å². The molecule has 1 aromatic carbocycles. The van der Waals surface area contributed by atoms with Crippen LogP contribution in [0.3, 0.4) is 0 Å². The van der Waals surface area contributed by atoms with E-state index in [0.29, 0.717) is 0 Å². The van der Waals surface area contributed by atoms with Crippen molar-refractivity contribution in [3.05, 3.63) is 45.6 Å². The third-order valence-electron chi connectivity index (χ3n) is 3.06. The van der Waals surface area contributed by atoms with Gasteiger partial charge in [-0.25, -0.2) is 14.0 Å². The van der Waals surface area contributed by atoms with Gasteiger partial charge in [0.15, 0.2) is 0 Å². The molecule has 0 atom stereocenters. The van der Waals surface area contributed by atoms with Gasteiger partial charge in [-0.3, -0.25) is 0 Å². The Morgan fingerprint density at radius 3 is 2.53 bits per heavy atom. The quantitative estimate of drug-likeness (QED) is 0.790. The molecule has 2 aromatic rings. The molecular weight excluding hydrogens is 214 g/mol. The predicted molar refractivity (Wildman–Crippen MR) is 67.7 cm³/mol. The maximum Gasteiger partial charge on any atom is 0.350 e. The molecule has 0 aliphatic rings. The summed E-state index contributed by atoms with van der Waals surface area (Å²) in [4.78, 5) is 12.0. The van der Waals surface area contributed by atoms with Crippen LogP contribution in [-0.2, 0) is 13.5 Å². The first-order valence-electron chi connectivity index (χ1n) is 5.77. The SMILES string of the molecule is CCc1nn(C)c(=O)n1-c1ccc(C)c(C)c1. The van der Waals surface area contributed by atoms with Crippen molar-refractivity contribution in [1.82, 2.24) is 14.3 Å². The van der Waals surface area contributed by atoms with Crippen molar-refractivity contribution in [3.63, 3.8) is 0 Å². The van der Waals surface area contributed by atoms with E-state index in [9.17, 15) is 4.79 Å². The first-order valence-corrected chi connectivity index (χ1v) is 5.77. The van der Waals surface area contributed by atoms with Gasteiger partial charge in [0.25, 0.3) is 0 Å². The van der Waals surface area contributed by atoms with Crippen LogP contribution in [0.4, 0.5) is 0 Å². The highest BCUT2D eigenvalue weighted by molar-refractivity contribution is 5.40. The maximum absolute atomic E-state index is 12.0. The lowest BCUT2D eigenvalue weighted by molar-refractivity contribution is 0.719. The van der Waals surface area contributed by atoms with Gasteiger partial charge in [0.2, 0.25) is 0 Å². The fourth-order valence-corrected chi connectivity index (χ4v) is 1.87. The molecule has 1 aromatic heterocycles. The van der Waals surface area contributed by atoms with Crippen molar-refractivity contribution < 1.29 is 0 Å². The molecule has 2 rings (SSSR count). The van der Waals surface area contributed by atoms with Crippen LogP contribution in [-0.4, -0.2) is 14.3 Å². The highest BCUT2D eigenvalue weighted by Crippen LogP contribution is 2.13. The zero-order chi connectivity index (χ0) is 12.6. The number of aromatic nitrogens is 3. The number of hydrogen-bond donors (Lipinski definition) is 0. The largest absolute Gasteiger partial charge is 0.350 e. The summed E-state index contributed by atoms with van der Waals surface area (Å²) in [5, 5.41) is 4.22. The van der Waals surface area contributed by atoms with Gasteiger partial charge in [-0.05, 0) is 37.1 Å². The van der Waals surface area contributed by atoms with E-state index in [0.717, 1.165) is 17.9 Å². The molecule has 0 aliphatic heterocycles. The van der Waals surface area contributed by atoms with Crippen molar-refractivity contribution in [2.75, 3.05) is 0 Å². The number of aryl methyl sites for hydroxylation is 4. The van der Waals surface area contributed by atoms with E-state index < -0.39 is 0 Å². The Morgan fingerprint density at radius 2 is 1.94 bits per heavy atom. The van der Waals surface area contributed by atoms with Gasteiger partial charge < -0.3 is 0 Å². The van der Waals surface area contributed by atoms with Crippen LogP contribution in [0.2, 0.25) is 0 Å². The Morgan fingerprint density at radius 1 is 1.24 bits per heavy atom. The van der Waals surface area contributed by atoms with Crippen LogP contribution in [0.1, 0.15) is 23.9 Å². The first-order chi connectivity index (χ1) is 8.04. The van der Waals surface area contributed by atoms with E-state index in [1.165, 1.54) is 15.8 Å². The van der Waals surface area contributed by atoms with Gasteiger partial charge in [-0.2, -0.15) is 5.10 Å². The molecule has 0 fully saturated rings. The summed E-state index contributed by atoms with van der Waals surface area (Å²) in [5.74, 6) is 0.792. The van der Waals surface area contributed by atoms with E-state index in [1.807, 2.05) is 32.0 Å². The zero-order valence-corrected chi connectivity index (χ0v) is 10.7. The number of nitrogens with zero attached hydrogens (tertiary/aromatic N) is 3. The van der Waals surface area contributed by atoms with Gasteiger partial charge in [-0.1, -0.05) is 13.0 Å². The summed E-state index contributed by atoms with van der Waals surface area (Å²) in [6.07, 6.45) is 0.739. The smallest absolute Gasteiger partial charge is 0.247 e. The standard InChI is InChI=1S/C13H17N3O/c1-5-12-14-15(4)13(17)16(12)11-7-6-9(2)10(3)8-11/h6-8H,5H2,1-4H3. The van der Waals surface area contributed by atoms with Crippen LogP contribution < -0.4 is 5.69 Å². The number of rotatable bonds is 2. The molecular formula is C13H17N3O. The second-order valence-electron chi connectivity index (χ2n) is 4.28. The minimum absolute atomic E-state index is 0.0925. The Kier molecular flexibility index (Phi) is 2.88. The van der Waals surface area contributed by atoms with Crippen molar-refractivity contribution in [3.8, 4) is 5.69 Å². The van der Waals surface area contributed by atoms with Gasteiger partial charge in [-0.15, -0.1) is 0 Å². The third kappa shape index (κ3) is 1.90. The Balaban J connectivity index is 2.67. The van der Waals surface area contributed by atoms with Crippen molar-refractivity contribution >= 4 is 0 Å². The average Bonchev–Trinajstić information content (AvgIpc) is 2.59. The highest BCUT2D eigenvalue weighted by atomic mass is 16.2. The summed E-state index contributed by atoms with van der Waals surface area (Å²) in [5.41, 5.74) is 3.21. The van der Waals surface area contributed by atoms with Crippen molar-refractivity contribution in [1.29, 1.82) is 0 Å². The van der Waals surface area contributed by atoms with Crippen LogP contribution >= 0.6 is 0 Å². The lowest BCUT2D eigenvalue weighted by Crippen LogP contribution is -2.22. The van der Waals surface area contributed by atoms with Crippen molar-refractivity contribution in [2.24, 2.45) is 7.05 Å². The molecule has 0 unspecified atom stereocenters. The van der Waals surface area contributed by atoms with Crippen molar-refractivity contribution in [2.45, 2.75) is 27.2 Å². The van der Waals surface area contributed by atoms with E-state index in [-0.39, 0.29) is 5.69 Å². The van der Waals surface area contributed by atoms with Gasteiger partial charge in [0.05, 0.1) is 5.69 Å². The molecule has 4 nitrogen and oxygen atoms in total. The van der Waals surface area contributed by atoms with E-state index in [4.69, 9.17) is 0 Å². The summed E-state index contributed by atoms with van der Waals surface area (Å²) in [7, 11) is 1.68. The van der Waals surface area contributed by atoms with Gasteiger partial charge in [0.1, 0.15) is 5.82 Å². The molecule has 90 valence electrons. The Bertz CT molecular complexity index is 608. The fourth-order valence-electron chi connectivity index (χ4n) is 1.87. The molecule has 0 aliphatic carbocycles. The number of benzene rings is 1. The Hall–Kier alpha value is -1.84. The summed E-state index contributed by atoms with van der Waals surface area (Å²) < 4.78 is 3.06.